The molecule has 2 aliphatic rings. The molecule has 0 aromatic heterocycles. The van der Waals surface area contributed by atoms with Gasteiger partial charge in [-0.05, 0) is 55.9 Å². The molecule has 0 bridgehead atoms. The number of benzene rings is 1. The highest BCUT2D eigenvalue weighted by Gasteiger charge is 2.28. The van der Waals surface area contributed by atoms with E-state index in [0.29, 0.717) is 11.8 Å². The molecule has 1 saturated heterocycles. The van der Waals surface area contributed by atoms with Crippen LogP contribution in [0.15, 0.2) is 17.7 Å². The second kappa shape index (κ2) is 7.60. The second-order valence-corrected chi connectivity index (χ2v) is 7.46. The lowest BCUT2D eigenvalue weighted by Crippen LogP contribution is -2.39. The number of likely N-dealkylation sites (tertiary alicyclic amines) is 1. The molecule has 0 unspecified atom stereocenters. The summed E-state index contributed by atoms with van der Waals surface area (Å²) < 4.78 is 0. The fraction of sp³-hybridized carbons (Fsp3) is 0.550. The standard InChI is InChI=1S/C20H27ClN2O/c1-14-17(12-18(21)13-19(14)22-2)11-15-7-9-23(10-8-15)20(24)16-5-3-4-6-16/h11-13,16,22H,3-10H2,1-2H3. The topological polar surface area (TPSA) is 32.3 Å². The maximum Gasteiger partial charge on any atom is 0.225 e. The number of anilines is 1. The van der Waals surface area contributed by atoms with Crippen molar-refractivity contribution in [3.8, 4) is 0 Å². The van der Waals surface area contributed by atoms with Crippen LogP contribution in [0.1, 0.15) is 49.7 Å². The van der Waals surface area contributed by atoms with Crippen LogP contribution in [0.5, 0.6) is 0 Å². The predicted molar refractivity (Wildman–Crippen MR) is 101 cm³/mol. The first-order valence-corrected chi connectivity index (χ1v) is 9.42. The average Bonchev–Trinajstić information content (AvgIpc) is 3.12. The van der Waals surface area contributed by atoms with Crippen molar-refractivity contribution in [3.63, 3.8) is 0 Å². The summed E-state index contributed by atoms with van der Waals surface area (Å²) in [4.78, 5) is 14.6. The van der Waals surface area contributed by atoms with Gasteiger partial charge in [-0.1, -0.05) is 36.1 Å². The number of carbonyl (C=O) groups is 1. The third-order valence-corrected chi connectivity index (χ3v) is 5.68. The van der Waals surface area contributed by atoms with Crippen LogP contribution in [0.2, 0.25) is 5.02 Å². The van der Waals surface area contributed by atoms with E-state index in [1.807, 2.05) is 19.2 Å². The van der Waals surface area contributed by atoms with Gasteiger partial charge in [0, 0.05) is 36.8 Å². The van der Waals surface area contributed by atoms with Gasteiger partial charge in [0.05, 0.1) is 0 Å². The van der Waals surface area contributed by atoms with Crippen molar-refractivity contribution in [3.05, 3.63) is 33.9 Å². The molecule has 3 rings (SSSR count). The number of piperidine rings is 1. The minimum Gasteiger partial charge on any atom is -0.388 e. The van der Waals surface area contributed by atoms with E-state index in [-0.39, 0.29) is 0 Å². The molecule has 1 amide bonds. The van der Waals surface area contributed by atoms with E-state index in [1.165, 1.54) is 29.5 Å². The first-order chi connectivity index (χ1) is 11.6. The molecule has 0 atom stereocenters. The van der Waals surface area contributed by atoms with E-state index in [9.17, 15) is 4.79 Å². The molecular weight excluding hydrogens is 320 g/mol. The maximum atomic E-state index is 12.5. The van der Waals surface area contributed by atoms with Gasteiger partial charge in [0.2, 0.25) is 5.91 Å². The van der Waals surface area contributed by atoms with E-state index < -0.39 is 0 Å². The fourth-order valence-corrected chi connectivity index (χ4v) is 4.15. The Morgan fingerprint density at radius 1 is 1.25 bits per heavy atom. The van der Waals surface area contributed by atoms with E-state index in [4.69, 9.17) is 11.6 Å². The van der Waals surface area contributed by atoms with Gasteiger partial charge in [-0.3, -0.25) is 4.79 Å². The molecule has 2 fully saturated rings. The van der Waals surface area contributed by atoms with E-state index in [1.54, 1.807) is 0 Å². The Bertz CT molecular complexity index is 637. The highest BCUT2D eigenvalue weighted by atomic mass is 35.5. The lowest BCUT2D eigenvalue weighted by atomic mass is 9.97. The zero-order chi connectivity index (χ0) is 17.1. The number of amides is 1. The lowest BCUT2D eigenvalue weighted by molar-refractivity contribution is -0.135. The second-order valence-electron chi connectivity index (χ2n) is 7.03. The van der Waals surface area contributed by atoms with Crippen LogP contribution < -0.4 is 5.32 Å². The molecule has 4 heteroatoms. The normalized spacial score (nSPS) is 18.8. The van der Waals surface area contributed by atoms with Crippen molar-refractivity contribution in [2.45, 2.75) is 45.4 Å². The maximum absolute atomic E-state index is 12.5. The Balaban J connectivity index is 1.67. The van der Waals surface area contributed by atoms with Gasteiger partial charge in [0.25, 0.3) is 0 Å². The van der Waals surface area contributed by atoms with Crippen LogP contribution in [-0.4, -0.2) is 30.9 Å². The van der Waals surface area contributed by atoms with Crippen molar-refractivity contribution in [2.75, 3.05) is 25.5 Å². The molecule has 1 N–H and O–H groups in total. The third-order valence-electron chi connectivity index (χ3n) is 5.46. The van der Waals surface area contributed by atoms with Gasteiger partial charge in [-0.15, -0.1) is 0 Å². The van der Waals surface area contributed by atoms with Gasteiger partial charge < -0.3 is 10.2 Å². The number of nitrogens with one attached hydrogen (secondary N) is 1. The molecular formula is C20H27ClN2O. The number of nitrogens with zero attached hydrogens (tertiary/aromatic N) is 1. The number of carbonyl (C=O) groups excluding carboxylic acids is 1. The van der Waals surface area contributed by atoms with Crippen LogP contribution in [0.3, 0.4) is 0 Å². The number of hydrogen-bond donors (Lipinski definition) is 1. The summed E-state index contributed by atoms with van der Waals surface area (Å²) in [5.41, 5.74) is 4.89. The first-order valence-electron chi connectivity index (χ1n) is 9.04. The minimum atomic E-state index is 0.295. The van der Waals surface area contributed by atoms with Crippen molar-refractivity contribution >= 4 is 29.3 Å². The van der Waals surface area contributed by atoms with Gasteiger partial charge in [0.15, 0.2) is 0 Å². The monoisotopic (exact) mass is 346 g/mol. The lowest BCUT2D eigenvalue weighted by Gasteiger charge is -2.30. The molecule has 1 aliphatic heterocycles. The summed E-state index contributed by atoms with van der Waals surface area (Å²) in [5.74, 6) is 0.687. The predicted octanol–water partition coefficient (Wildman–Crippen LogP) is 4.89. The molecule has 130 valence electrons. The Hall–Kier alpha value is -1.48. The quantitative estimate of drug-likeness (QED) is 0.845. The Morgan fingerprint density at radius 3 is 2.54 bits per heavy atom. The average molecular weight is 347 g/mol. The molecule has 1 saturated carbocycles. The summed E-state index contributed by atoms with van der Waals surface area (Å²) in [6.45, 7) is 3.84. The van der Waals surface area contributed by atoms with Gasteiger partial charge >= 0.3 is 0 Å². The van der Waals surface area contributed by atoms with Gasteiger partial charge in [0.1, 0.15) is 0 Å². The van der Waals surface area contributed by atoms with Crippen molar-refractivity contribution < 1.29 is 4.79 Å². The molecule has 0 radical (unpaired) electrons. The summed E-state index contributed by atoms with van der Waals surface area (Å²) in [7, 11) is 1.92. The summed E-state index contributed by atoms with van der Waals surface area (Å²) in [6.07, 6.45) is 8.82. The van der Waals surface area contributed by atoms with E-state index in [2.05, 4.69) is 23.2 Å². The SMILES string of the molecule is CNc1cc(Cl)cc(C=C2CCN(C(=O)C3CCCC3)CC2)c1C. The zero-order valence-electron chi connectivity index (χ0n) is 14.7. The summed E-state index contributed by atoms with van der Waals surface area (Å²) >= 11 is 6.23. The van der Waals surface area contributed by atoms with Crippen molar-refractivity contribution in [2.24, 2.45) is 5.92 Å². The molecule has 24 heavy (non-hydrogen) atoms. The molecule has 3 nitrogen and oxygen atoms in total. The Kier molecular flexibility index (Phi) is 5.50. The molecule has 1 aliphatic carbocycles. The summed E-state index contributed by atoms with van der Waals surface area (Å²) in [5, 5.41) is 3.96. The third kappa shape index (κ3) is 3.77. The van der Waals surface area contributed by atoms with E-state index >= 15 is 0 Å². The highest BCUT2D eigenvalue weighted by Crippen LogP contribution is 2.30. The van der Waals surface area contributed by atoms with Gasteiger partial charge in [-0.25, -0.2) is 0 Å². The molecule has 1 aromatic rings. The smallest absolute Gasteiger partial charge is 0.225 e. The minimum absolute atomic E-state index is 0.295. The molecule has 0 spiro atoms. The number of rotatable bonds is 3. The van der Waals surface area contributed by atoms with Crippen LogP contribution in [-0.2, 0) is 4.79 Å². The van der Waals surface area contributed by atoms with Crippen LogP contribution >= 0.6 is 11.6 Å². The highest BCUT2D eigenvalue weighted by molar-refractivity contribution is 6.31. The Morgan fingerprint density at radius 2 is 1.92 bits per heavy atom. The van der Waals surface area contributed by atoms with Crippen LogP contribution in [0, 0.1) is 12.8 Å². The summed E-state index contributed by atoms with van der Waals surface area (Å²) in [6, 6.07) is 3.99. The fourth-order valence-electron chi connectivity index (χ4n) is 3.92. The zero-order valence-corrected chi connectivity index (χ0v) is 15.5. The number of halogens is 1. The van der Waals surface area contributed by atoms with Crippen molar-refractivity contribution in [1.29, 1.82) is 0 Å². The van der Waals surface area contributed by atoms with Crippen LogP contribution in [0.25, 0.3) is 6.08 Å². The first kappa shape index (κ1) is 17.3. The van der Waals surface area contributed by atoms with Gasteiger partial charge in [-0.2, -0.15) is 0 Å². The molecule has 1 heterocycles. The molecule has 1 aromatic carbocycles. The largest absolute Gasteiger partial charge is 0.388 e. The van der Waals surface area contributed by atoms with Crippen molar-refractivity contribution in [1.82, 2.24) is 4.90 Å². The van der Waals surface area contributed by atoms with Crippen LogP contribution in [0.4, 0.5) is 5.69 Å². The Labute approximate surface area is 150 Å². The number of hydrogen-bond acceptors (Lipinski definition) is 2. The van der Waals surface area contributed by atoms with E-state index in [0.717, 1.165) is 49.5 Å².